The van der Waals surface area contributed by atoms with Gasteiger partial charge in [-0.05, 0) is 99.6 Å². The molecule has 0 unspecified atom stereocenters. The molecule has 0 bridgehead atoms. The van der Waals surface area contributed by atoms with Gasteiger partial charge in [-0.3, -0.25) is 0 Å². The van der Waals surface area contributed by atoms with Crippen LogP contribution in [0.2, 0.25) is 0 Å². The van der Waals surface area contributed by atoms with Crippen LogP contribution in [0.4, 0.5) is 34.1 Å². The molecule has 67 heavy (non-hydrogen) atoms. The molecular weight excluding hydrogens is 814 g/mol. The largest absolute Gasteiger partial charge is 0.455 e. The average Bonchev–Trinajstić information content (AvgIpc) is 3.92. The fourth-order valence-corrected chi connectivity index (χ4v) is 11.5. The van der Waals surface area contributed by atoms with E-state index < -0.39 is 0 Å². The number of anilines is 6. The second-order valence-electron chi connectivity index (χ2n) is 19.2. The SMILES string of the molecule is CC(C)(C)c1ccc(N2c3ccc(N(c4ccccc4)c4ccccc4)cc3B3c4c2cc2c(oc5ccccc52)c4-c2cccc4c5ccc6ccccc6c5n3c24)c(-c2ccccc2)c1. The lowest BCUT2D eigenvalue weighted by Gasteiger charge is -2.42. The summed E-state index contributed by atoms with van der Waals surface area (Å²) in [5.41, 5.74) is 19.5. The first-order valence-corrected chi connectivity index (χ1v) is 23.4. The van der Waals surface area contributed by atoms with Crippen LogP contribution in [0.1, 0.15) is 26.3 Å². The molecule has 0 saturated heterocycles. The molecule has 316 valence electrons. The molecule has 0 saturated carbocycles. The number of rotatable bonds is 5. The lowest BCUT2D eigenvalue weighted by Crippen LogP contribution is -2.56. The van der Waals surface area contributed by atoms with Crippen molar-refractivity contribution >= 4 is 106 Å². The smallest absolute Gasteiger partial charge is 0.333 e. The first kappa shape index (κ1) is 38.0. The Balaban J connectivity index is 1.18. The third kappa shape index (κ3) is 5.49. The highest BCUT2D eigenvalue weighted by atomic mass is 16.3. The molecule has 0 N–H and O–H groups in total. The molecular formula is C62H44BN3O. The molecule has 12 aromatic rings. The molecule has 5 heteroatoms. The Kier molecular flexibility index (Phi) is 8.01. The molecule has 2 aliphatic rings. The maximum Gasteiger partial charge on any atom is 0.333 e. The molecule has 10 aromatic carbocycles. The van der Waals surface area contributed by atoms with Crippen molar-refractivity contribution in [3.8, 4) is 22.3 Å². The predicted molar refractivity (Wildman–Crippen MR) is 284 cm³/mol. The number of hydrogen-bond acceptors (Lipinski definition) is 3. The standard InChI is InChI=1S/C62H44BN3O/c1-62(2,3)41-31-34-53(50(36-41)39-18-7-4-8-19-39)65-54-35-32-44(64(42-21-9-5-10-22-42)43-23-11-6-12-24-43)37-52(54)63-58-55(65)38-51-46-26-15-16-29-56(46)67-61(51)57(58)49-28-17-27-47-48-33-30-40-20-13-14-25-45(40)59(48)66(63)60(47)49/h4-38H,1-3H3. The second kappa shape index (κ2) is 14.1. The van der Waals surface area contributed by atoms with Crippen LogP contribution in [0.3, 0.4) is 0 Å². The van der Waals surface area contributed by atoms with Gasteiger partial charge in [0.2, 0.25) is 0 Å². The zero-order valence-corrected chi connectivity index (χ0v) is 37.5. The second-order valence-corrected chi connectivity index (χ2v) is 19.2. The Labute approximate surface area is 389 Å². The summed E-state index contributed by atoms with van der Waals surface area (Å²) in [4.78, 5) is 4.97. The molecule has 4 nitrogen and oxygen atoms in total. The van der Waals surface area contributed by atoms with Crippen molar-refractivity contribution in [2.24, 2.45) is 0 Å². The minimum absolute atomic E-state index is 0.0542. The van der Waals surface area contributed by atoms with Gasteiger partial charge in [-0.15, -0.1) is 0 Å². The highest BCUT2D eigenvalue weighted by molar-refractivity contribution is 6.90. The Hall–Kier alpha value is -8.28. The number of nitrogens with zero attached hydrogens (tertiary/aromatic N) is 3. The number of para-hydroxylation sites is 4. The maximum absolute atomic E-state index is 7.13. The topological polar surface area (TPSA) is 24.6 Å². The Morgan fingerprint density at radius 3 is 1.88 bits per heavy atom. The van der Waals surface area contributed by atoms with Crippen LogP contribution in [0, 0.1) is 0 Å². The van der Waals surface area contributed by atoms with E-state index in [1.165, 1.54) is 65.8 Å². The summed E-state index contributed by atoms with van der Waals surface area (Å²) in [6.45, 7) is 6.71. The van der Waals surface area contributed by atoms with E-state index in [1.54, 1.807) is 0 Å². The molecule has 0 aliphatic carbocycles. The van der Waals surface area contributed by atoms with Crippen LogP contribution in [0.5, 0.6) is 0 Å². The summed E-state index contributed by atoms with van der Waals surface area (Å²) < 4.78 is 9.82. The van der Waals surface area contributed by atoms with Crippen LogP contribution in [-0.2, 0) is 5.41 Å². The predicted octanol–water partition coefficient (Wildman–Crippen LogP) is 15.7. The Bertz CT molecular complexity index is 3940. The Morgan fingerprint density at radius 2 is 1.12 bits per heavy atom. The average molecular weight is 858 g/mol. The van der Waals surface area contributed by atoms with Crippen molar-refractivity contribution in [2.75, 3.05) is 9.80 Å². The zero-order valence-electron chi connectivity index (χ0n) is 37.5. The van der Waals surface area contributed by atoms with E-state index >= 15 is 0 Å². The van der Waals surface area contributed by atoms with Gasteiger partial charge in [-0.25, -0.2) is 0 Å². The monoisotopic (exact) mass is 857 g/mol. The molecule has 0 atom stereocenters. The van der Waals surface area contributed by atoms with Crippen molar-refractivity contribution in [3.05, 3.63) is 218 Å². The van der Waals surface area contributed by atoms with E-state index in [2.05, 4.69) is 247 Å². The summed E-state index contributed by atoms with van der Waals surface area (Å²) in [5, 5.41) is 7.21. The van der Waals surface area contributed by atoms with Gasteiger partial charge in [0.25, 0.3) is 0 Å². The minimum atomic E-state index is -0.211. The lowest BCUT2D eigenvalue weighted by molar-refractivity contribution is 0.590. The van der Waals surface area contributed by atoms with Crippen molar-refractivity contribution < 1.29 is 4.42 Å². The number of aromatic nitrogens is 1. The zero-order chi connectivity index (χ0) is 44.5. The molecule has 0 amide bonds. The van der Waals surface area contributed by atoms with Crippen LogP contribution < -0.4 is 20.7 Å². The highest BCUT2D eigenvalue weighted by Crippen LogP contribution is 2.52. The third-order valence-electron chi connectivity index (χ3n) is 14.5. The highest BCUT2D eigenvalue weighted by Gasteiger charge is 2.45. The fourth-order valence-electron chi connectivity index (χ4n) is 11.5. The molecule has 2 aromatic heterocycles. The van der Waals surface area contributed by atoms with Crippen molar-refractivity contribution in [2.45, 2.75) is 26.2 Å². The van der Waals surface area contributed by atoms with Gasteiger partial charge < -0.3 is 18.7 Å². The van der Waals surface area contributed by atoms with Crippen LogP contribution >= 0.6 is 0 Å². The summed E-state index contributed by atoms with van der Waals surface area (Å²) in [6.07, 6.45) is 0. The van der Waals surface area contributed by atoms with Crippen LogP contribution in [0.15, 0.2) is 217 Å². The molecule has 0 spiro atoms. The minimum Gasteiger partial charge on any atom is -0.455 e. The van der Waals surface area contributed by atoms with Gasteiger partial charge in [-0.2, -0.15) is 0 Å². The number of furan rings is 1. The first-order valence-electron chi connectivity index (χ1n) is 23.4. The van der Waals surface area contributed by atoms with Gasteiger partial charge in [0.05, 0.1) is 5.69 Å². The number of hydrogen-bond donors (Lipinski definition) is 0. The van der Waals surface area contributed by atoms with E-state index in [-0.39, 0.29) is 12.3 Å². The third-order valence-corrected chi connectivity index (χ3v) is 14.5. The van der Waals surface area contributed by atoms with Crippen molar-refractivity contribution in [1.82, 2.24) is 4.48 Å². The van der Waals surface area contributed by atoms with Gasteiger partial charge in [0.1, 0.15) is 11.2 Å². The van der Waals surface area contributed by atoms with Gasteiger partial charge >= 0.3 is 6.85 Å². The van der Waals surface area contributed by atoms with Gasteiger partial charge in [0, 0.05) is 83.1 Å². The normalized spacial score (nSPS) is 12.9. The summed E-state index contributed by atoms with van der Waals surface area (Å²) >= 11 is 0. The molecule has 14 rings (SSSR count). The first-order chi connectivity index (χ1) is 32.9. The Morgan fingerprint density at radius 1 is 0.463 bits per heavy atom. The van der Waals surface area contributed by atoms with E-state index in [4.69, 9.17) is 4.42 Å². The van der Waals surface area contributed by atoms with E-state index in [0.717, 1.165) is 61.6 Å². The fraction of sp³-hybridized carbons (Fsp3) is 0.0645. The van der Waals surface area contributed by atoms with Crippen molar-refractivity contribution in [1.29, 1.82) is 0 Å². The van der Waals surface area contributed by atoms with Crippen molar-refractivity contribution in [3.63, 3.8) is 0 Å². The quantitative estimate of drug-likeness (QED) is 0.161. The number of fused-ring (bicyclic) bond motifs is 13. The lowest BCUT2D eigenvalue weighted by atomic mass is 9.45. The van der Waals surface area contributed by atoms with Crippen LogP contribution in [-0.4, -0.2) is 11.3 Å². The summed E-state index contributed by atoms with van der Waals surface area (Å²) in [7, 11) is 0. The van der Waals surface area contributed by atoms with Gasteiger partial charge in [0.15, 0.2) is 0 Å². The maximum atomic E-state index is 7.13. The van der Waals surface area contributed by atoms with Gasteiger partial charge in [-0.1, -0.05) is 166 Å². The molecule has 2 aliphatic heterocycles. The molecule has 0 fully saturated rings. The van der Waals surface area contributed by atoms with E-state index in [0.29, 0.717) is 0 Å². The van der Waals surface area contributed by atoms with E-state index in [1.807, 2.05) is 0 Å². The van der Waals surface area contributed by atoms with E-state index in [9.17, 15) is 0 Å². The summed E-state index contributed by atoms with van der Waals surface area (Å²) in [6, 6.07) is 78.2. The summed E-state index contributed by atoms with van der Waals surface area (Å²) in [5.74, 6) is 0. The van der Waals surface area contributed by atoms with Crippen LogP contribution in [0.25, 0.3) is 76.8 Å². The molecule has 0 radical (unpaired) electrons. The molecule has 4 heterocycles. The number of benzene rings is 10.